The van der Waals surface area contributed by atoms with Crippen LogP contribution in [-0.2, 0) is 4.74 Å². The topological polar surface area (TPSA) is 54.6 Å². The Hall–Kier alpha value is -1.62. The Balaban J connectivity index is 2.08. The van der Waals surface area contributed by atoms with Crippen molar-refractivity contribution in [2.24, 2.45) is 0 Å². The molecule has 2 unspecified atom stereocenters. The van der Waals surface area contributed by atoms with Crippen LogP contribution in [0.1, 0.15) is 17.4 Å². The number of methoxy groups -OCH3 is 1. The molecule has 0 aliphatic rings. The fraction of sp³-hybridized carbons (Fsp3) is 0.333. The summed E-state index contributed by atoms with van der Waals surface area (Å²) in [5.74, 6) is 0.829. The summed E-state index contributed by atoms with van der Waals surface area (Å²) >= 11 is 0. The van der Waals surface area contributed by atoms with Crippen molar-refractivity contribution in [3.8, 4) is 0 Å². The first-order chi connectivity index (χ1) is 9.31. The maximum atomic E-state index is 9.72. The molecule has 0 aliphatic heterocycles. The number of aliphatic hydroxyl groups is 1. The molecule has 2 atom stereocenters. The van der Waals surface area contributed by atoms with Gasteiger partial charge in [-0.3, -0.25) is 0 Å². The average Bonchev–Trinajstić information content (AvgIpc) is 2.94. The zero-order chi connectivity index (χ0) is 13.5. The second kappa shape index (κ2) is 7.09. The van der Waals surface area contributed by atoms with Gasteiger partial charge in [-0.2, -0.15) is 0 Å². The number of aliphatic hydroxyl groups excluding tert-OH is 1. The van der Waals surface area contributed by atoms with Crippen molar-refractivity contribution in [2.75, 3.05) is 20.3 Å². The minimum atomic E-state index is -0.536. The van der Waals surface area contributed by atoms with E-state index in [9.17, 15) is 5.11 Å². The first-order valence-corrected chi connectivity index (χ1v) is 6.30. The average molecular weight is 261 g/mol. The second-order valence-corrected chi connectivity index (χ2v) is 4.38. The second-order valence-electron chi connectivity index (χ2n) is 4.38. The van der Waals surface area contributed by atoms with Gasteiger partial charge in [0, 0.05) is 13.7 Å². The molecule has 4 nitrogen and oxygen atoms in total. The van der Waals surface area contributed by atoms with Gasteiger partial charge in [0.15, 0.2) is 0 Å². The number of rotatable bonds is 7. The molecule has 0 fully saturated rings. The van der Waals surface area contributed by atoms with Crippen molar-refractivity contribution in [1.82, 2.24) is 5.32 Å². The molecule has 0 radical (unpaired) electrons. The van der Waals surface area contributed by atoms with Gasteiger partial charge >= 0.3 is 0 Å². The Bertz CT molecular complexity index is 456. The fourth-order valence-electron chi connectivity index (χ4n) is 1.99. The van der Waals surface area contributed by atoms with Crippen molar-refractivity contribution >= 4 is 0 Å². The Morgan fingerprint density at radius 2 is 2.00 bits per heavy atom. The van der Waals surface area contributed by atoms with E-state index in [4.69, 9.17) is 9.15 Å². The highest BCUT2D eigenvalue weighted by atomic mass is 16.5. The van der Waals surface area contributed by atoms with Crippen molar-refractivity contribution in [2.45, 2.75) is 12.1 Å². The lowest BCUT2D eigenvalue weighted by atomic mass is 10.0. The molecule has 1 heterocycles. The molecule has 0 amide bonds. The van der Waals surface area contributed by atoms with Crippen LogP contribution in [0.15, 0.2) is 53.1 Å². The third-order valence-corrected chi connectivity index (χ3v) is 2.88. The molecule has 0 aliphatic carbocycles. The summed E-state index contributed by atoms with van der Waals surface area (Å²) in [6.45, 7) is 0.751. The van der Waals surface area contributed by atoms with Crippen LogP contribution in [0.4, 0.5) is 0 Å². The highest BCUT2D eigenvalue weighted by Gasteiger charge is 2.17. The van der Waals surface area contributed by atoms with Crippen LogP contribution in [0.5, 0.6) is 0 Å². The van der Waals surface area contributed by atoms with Crippen LogP contribution in [0.3, 0.4) is 0 Å². The SMILES string of the molecule is COCC(O)CNC(c1ccccc1)c1ccco1. The minimum absolute atomic E-state index is 0.0669. The van der Waals surface area contributed by atoms with Crippen molar-refractivity contribution in [3.63, 3.8) is 0 Å². The summed E-state index contributed by atoms with van der Waals surface area (Å²) in [4.78, 5) is 0. The predicted octanol–water partition coefficient (Wildman–Crippen LogP) is 1.97. The molecular formula is C15H19NO3. The van der Waals surface area contributed by atoms with Gasteiger partial charge in [-0.15, -0.1) is 0 Å². The third-order valence-electron chi connectivity index (χ3n) is 2.88. The molecule has 0 saturated carbocycles. The molecule has 19 heavy (non-hydrogen) atoms. The zero-order valence-corrected chi connectivity index (χ0v) is 11.0. The summed E-state index contributed by atoms with van der Waals surface area (Å²) < 4.78 is 10.4. The number of ether oxygens (including phenoxy) is 1. The molecule has 1 aromatic carbocycles. The Morgan fingerprint density at radius 1 is 1.21 bits per heavy atom. The van der Waals surface area contributed by atoms with Crippen LogP contribution in [-0.4, -0.2) is 31.5 Å². The number of benzene rings is 1. The molecule has 1 aromatic heterocycles. The first kappa shape index (κ1) is 13.8. The van der Waals surface area contributed by atoms with E-state index < -0.39 is 6.10 Å². The lowest BCUT2D eigenvalue weighted by molar-refractivity contribution is 0.0630. The smallest absolute Gasteiger partial charge is 0.125 e. The highest BCUT2D eigenvalue weighted by molar-refractivity contribution is 5.26. The number of furan rings is 1. The predicted molar refractivity (Wildman–Crippen MR) is 72.9 cm³/mol. The van der Waals surface area contributed by atoms with E-state index >= 15 is 0 Å². The molecule has 102 valence electrons. The molecule has 0 bridgehead atoms. The van der Waals surface area contributed by atoms with Gasteiger partial charge in [0.05, 0.1) is 25.0 Å². The normalized spacial score (nSPS) is 14.2. The Labute approximate surface area is 113 Å². The lowest BCUT2D eigenvalue weighted by Gasteiger charge is -2.19. The summed E-state index contributed by atoms with van der Waals surface area (Å²) in [6.07, 6.45) is 1.12. The quantitative estimate of drug-likeness (QED) is 0.800. The zero-order valence-electron chi connectivity index (χ0n) is 11.0. The number of nitrogens with one attached hydrogen (secondary N) is 1. The van der Waals surface area contributed by atoms with E-state index in [1.54, 1.807) is 13.4 Å². The monoisotopic (exact) mass is 261 g/mol. The van der Waals surface area contributed by atoms with Gasteiger partial charge in [-0.25, -0.2) is 0 Å². The maximum Gasteiger partial charge on any atom is 0.125 e. The summed E-state index contributed by atoms with van der Waals surface area (Å²) in [5.41, 5.74) is 1.10. The van der Waals surface area contributed by atoms with Crippen LogP contribution in [0.25, 0.3) is 0 Å². The molecule has 2 N–H and O–H groups in total. The summed E-state index contributed by atoms with van der Waals surface area (Å²) in [5, 5.41) is 13.0. The van der Waals surface area contributed by atoms with E-state index in [-0.39, 0.29) is 6.04 Å². The van der Waals surface area contributed by atoms with E-state index in [0.29, 0.717) is 13.2 Å². The number of hydrogen-bond donors (Lipinski definition) is 2. The van der Waals surface area contributed by atoms with Crippen molar-refractivity contribution in [3.05, 3.63) is 60.1 Å². The molecule has 0 spiro atoms. The largest absolute Gasteiger partial charge is 0.467 e. The standard InChI is InChI=1S/C15H19NO3/c1-18-11-13(17)10-16-15(14-8-5-9-19-14)12-6-3-2-4-7-12/h2-9,13,15-17H,10-11H2,1H3. The van der Waals surface area contributed by atoms with Gasteiger partial charge in [0.25, 0.3) is 0 Å². The number of hydrogen-bond acceptors (Lipinski definition) is 4. The fourth-order valence-corrected chi connectivity index (χ4v) is 1.99. The van der Waals surface area contributed by atoms with Gasteiger partial charge in [-0.05, 0) is 17.7 Å². The van der Waals surface area contributed by atoms with Crippen LogP contribution in [0.2, 0.25) is 0 Å². The van der Waals surface area contributed by atoms with Crippen molar-refractivity contribution in [1.29, 1.82) is 0 Å². The Morgan fingerprint density at radius 3 is 2.63 bits per heavy atom. The van der Waals surface area contributed by atoms with Crippen LogP contribution < -0.4 is 5.32 Å². The molecular weight excluding hydrogens is 242 g/mol. The third kappa shape index (κ3) is 3.92. The van der Waals surface area contributed by atoms with Crippen LogP contribution in [0, 0.1) is 0 Å². The minimum Gasteiger partial charge on any atom is -0.467 e. The van der Waals surface area contributed by atoms with Gasteiger partial charge < -0.3 is 19.6 Å². The molecule has 4 heteroatoms. The van der Waals surface area contributed by atoms with Crippen molar-refractivity contribution < 1.29 is 14.3 Å². The first-order valence-electron chi connectivity index (χ1n) is 6.30. The van der Waals surface area contributed by atoms with Gasteiger partial charge in [0.1, 0.15) is 5.76 Å². The van der Waals surface area contributed by atoms with E-state index in [1.807, 2.05) is 42.5 Å². The molecule has 0 saturated heterocycles. The van der Waals surface area contributed by atoms with Gasteiger partial charge in [-0.1, -0.05) is 30.3 Å². The lowest BCUT2D eigenvalue weighted by Crippen LogP contribution is -2.33. The van der Waals surface area contributed by atoms with Crippen LogP contribution >= 0.6 is 0 Å². The summed E-state index contributed by atoms with van der Waals surface area (Å²) in [6, 6.07) is 13.7. The van der Waals surface area contributed by atoms with E-state index in [0.717, 1.165) is 11.3 Å². The Kier molecular flexibility index (Phi) is 5.15. The van der Waals surface area contributed by atoms with Gasteiger partial charge in [0.2, 0.25) is 0 Å². The molecule has 2 rings (SSSR count). The van der Waals surface area contributed by atoms with E-state index in [1.165, 1.54) is 0 Å². The summed E-state index contributed by atoms with van der Waals surface area (Å²) in [7, 11) is 1.57. The maximum absolute atomic E-state index is 9.72. The highest BCUT2D eigenvalue weighted by Crippen LogP contribution is 2.22. The molecule has 2 aromatic rings. The van der Waals surface area contributed by atoms with E-state index in [2.05, 4.69) is 5.32 Å².